The molecule has 1 rings (SSSR count). The molecule has 0 aliphatic carbocycles. The first kappa shape index (κ1) is 12.6. The Labute approximate surface area is 94.8 Å². The van der Waals surface area contributed by atoms with Gasteiger partial charge >= 0.3 is 6.03 Å². The summed E-state index contributed by atoms with van der Waals surface area (Å²) in [6.07, 6.45) is 2.25. The van der Waals surface area contributed by atoms with E-state index in [1.54, 1.807) is 4.90 Å². The highest BCUT2D eigenvalue weighted by atomic mass is 16.2. The Hall–Kier alpha value is -1.47. The van der Waals surface area contributed by atoms with E-state index < -0.39 is 0 Å². The first-order valence-electron chi connectivity index (χ1n) is 5.25. The fourth-order valence-electron chi connectivity index (χ4n) is 1.55. The Kier molecular flexibility index (Phi) is 5.44. The zero-order valence-corrected chi connectivity index (χ0v) is 9.25. The lowest BCUT2D eigenvalue weighted by molar-refractivity contribution is 0.147. The Morgan fingerprint density at radius 1 is 1.31 bits per heavy atom. The third kappa shape index (κ3) is 3.95. The number of nitrogens with zero attached hydrogens (tertiary/aromatic N) is 4. The standard InChI is InChI=1S/C9H18N6O/c10-1-2-14-3-5-15(6-4-14)9(16)13-8-12-7-11/h7-8H,1-6,10H2,(H2,11,12,13,16). The van der Waals surface area contributed by atoms with Crippen LogP contribution in [-0.2, 0) is 0 Å². The van der Waals surface area contributed by atoms with Crippen molar-refractivity contribution in [3.8, 4) is 0 Å². The Balaban J connectivity index is 2.33. The van der Waals surface area contributed by atoms with Crippen LogP contribution in [0.5, 0.6) is 0 Å². The number of hydrogen-bond acceptors (Lipinski definition) is 3. The van der Waals surface area contributed by atoms with Crippen molar-refractivity contribution in [3.63, 3.8) is 0 Å². The van der Waals surface area contributed by atoms with E-state index in [1.165, 1.54) is 0 Å². The second-order valence-electron chi connectivity index (χ2n) is 3.44. The number of aliphatic imine (C=N–C) groups is 2. The van der Waals surface area contributed by atoms with Crippen molar-refractivity contribution in [3.05, 3.63) is 0 Å². The highest BCUT2D eigenvalue weighted by Gasteiger charge is 2.19. The summed E-state index contributed by atoms with van der Waals surface area (Å²) in [5.41, 5.74) is 10.5. The summed E-state index contributed by atoms with van der Waals surface area (Å²) in [6, 6.07) is -0.266. The second kappa shape index (κ2) is 6.91. The number of piperazine rings is 1. The number of rotatable bonds is 3. The quantitative estimate of drug-likeness (QED) is 0.461. The van der Waals surface area contributed by atoms with Crippen LogP contribution in [0.2, 0.25) is 0 Å². The molecule has 0 unspecified atom stereocenters. The van der Waals surface area contributed by atoms with Gasteiger partial charge in [0.1, 0.15) is 6.34 Å². The maximum Gasteiger partial charge on any atom is 0.345 e. The molecule has 90 valence electrons. The highest BCUT2D eigenvalue weighted by molar-refractivity contribution is 5.85. The molecular formula is C9H18N6O. The summed E-state index contributed by atoms with van der Waals surface area (Å²) in [5, 5.41) is 0. The van der Waals surface area contributed by atoms with E-state index >= 15 is 0 Å². The van der Waals surface area contributed by atoms with Gasteiger partial charge in [-0.2, -0.15) is 4.99 Å². The van der Waals surface area contributed by atoms with Gasteiger partial charge in [0, 0.05) is 39.3 Å². The van der Waals surface area contributed by atoms with E-state index in [4.69, 9.17) is 11.5 Å². The van der Waals surface area contributed by atoms with Crippen LogP contribution in [0, 0.1) is 0 Å². The van der Waals surface area contributed by atoms with Crippen LogP contribution in [-0.4, -0.2) is 67.8 Å². The minimum atomic E-state index is -0.266. The summed E-state index contributed by atoms with van der Waals surface area (Å²) in [5.74, 6) is 0. The molecule has 0 saturated carbocycles. The predicted molar refractivity (Wildman–Crippen MR) is 63.6 cm³/mol. The van der Waals surface area contributed by atoms with Gasteiger partial charge in [-0.25, -0.2) is 9.79 Å². The molecule has 0 bridgehead atoms. The fraction of sp³-hybridized carbons (Fsp3) is 0.667. The van der Waals surface area contributed by atoms with Crippen LogP contribution in [0.4, 0.5) is 4.79 Å². The molecule has 0 aromatic heterocycles. The third-order valence-electron chi connectivity index (χ3n) is 2.41. The molecule has 0 radical (unpaired) electrons. The van der Waals surface area contributed by atoms with Gasteiger partial charge in [-0.05, 0) is 0 Å². The van der Waals surface area contributed by atoms with Crippen molar-refractivity contribution in [2.45, 2.75) is 0 Å². The Bertz CT molecular complexity index is 269. The number of amides is 2. The van der Waals surface area contributed by atoms with Crippen LogP contribution in [0.1, 0.15) is 0 Å². The molecule has 1 saturated heterocycles. The van der Waals surface area contributed by atoms with E-state index in [0.717, 1.165) is 32.3 Å². The van der Waals surface area contributed by atoms with Crippen molar-refractivity contribution in [2.75, 3.05) is 39.3 Å². The average molecular weight is 226 g/mol. The van der Waals surface area contributed by atoms with E-state index in [2.05, 4.69) is 14.9 Å². The first-order chi connectivity index (χ1) is 7.77. The number of carbonyl (C=O) groups excluding carboxylic acids is 1. The molecule has 7 heteroatoms. The molecule has 0 aromatic carbocycles. The molecular weight excluding hydrogens is 208 g/mol. The topological polar surface area (TPSA) is 100 Å². The number of hydrogen-bond donors (Lipinski definition) is 2. The van der Waals surface area contributed by atoms with Crippen LogP contribution in [0.3, 0.4) is 0 Å². The van der Waals surface area contributed by atoms with Crippen LogP contribution in [0.25, 0.3) is 0 Å². The van der Waals surface area contributed by atoms with Gasteiger partial charge in [0.2, 0.25) is 0 Å². The molecule has 1 aliphatic heterocycles. The molecule has 1 heterocycles. The maximum absolute atomic E-state index is 11.5. The zero-order valence-electron chi connectivity index (χ0n) is 9.25. The molecule has 16 heavy (non-hydrogen) atoms. The Morgan fingerprint density at radius 2 is 2.00 bits per heavy atom. The molecule has 7 nitrogen and oxygen atoms in total. The van der Waals surface area contributed by atoms with Gasteiger partial charge in [0.25, 0.3) is 0 Å². The van der Waals surface area contributed by atoms with Crippen LogP contribution >= 0.6 is 0 Å². The molecule has 1 fully saturated rings. The van der Waals surface area contributed by atoms with Crippen LogP contribution in [0.15, 0.2) is 9.98 Å². The van der Waals surface area contributed by atoms with Crippen LogP contribution < -0.4 is 11.5 Å². The zero-order chi connectivity index (χ0) is 11.8. The van der Waals surface area contributed by atoms with Crippen molar-refractivity contribution in [1.82, 2.24) is 9.80 Å². The van der Waals surface area contributed by atoms with E-state index in [1.807, 2.05) is 0 Å². The first-order valence-corrected chi connectivity index (χ1v) is 5.25. The summed E-state index contributed by atoms with van der Waals surface area (Å²) < 4.78 is 0. The summed E-state index contributed by atoms with van der Waals surface area (Å²) >= 11 is 0. The SMILES string of the molecule is NC=N/C=N/C(=O)N1CCN(CCN)CC1. The predicted octanol–water partition coefficient (Wildman–Crippen LogP) is -1.30. The molecule has 0 atom stereocenters. The Morgan fingerprint density at radius 3 is 2.56 bits per heavy atom. The van der Waals surface area contributed by atoms with Crippen molar-refractivity contribution in [2.24, 2.45) is 21.5 Å². The van der Waals surface area contributed by atoms with Gasteiger partial charge in [-0.1, -0.05) is 0 Å². The average Bonchev–Trinajstić information content (AvgIpc) is 2.30. The third-order valence-corrected chi connectivity index (χ3v) is 2.41. The number of carbonyl (C=O) groups is 1. The summed E-state index contributed by atoms with van der Waals surface area (Å²) in [4.78, 5) is 22.6. The van der Waals surface area contributed by atoms with E-state index in [0.29, 0.717) is 19.6 Å². The molecule has 0 spiro atoms. The molecule has 2 amide bonds. The van der Waals surface area contributed by atoms with Gasteiger partial charge in [0.05, 0.1) is 6.34 Å². The minimum Gasteiger partial charge on any atom is -0.390 e. The van der Waals surface area contributed by atoms with Gasteiger partial charge in [-0.3, -0.25) is 4.90 Å². The fourth-order valence-corrected chi connectivity index (χ4v) is 1.55. The van der Waals surface area contributed by atoms with E-state index in [9.17, 15) is 4.79 Å². The normalized spacial score (nSPS) is 18.7. The minimum absolute atomic E-state index is 0.266. The second-order valence-corrected chi connectivity index (χ2v) is 3.44. The molecule has 4 N–H and O–H groups in total. The maximum atomic E-state index is 11.5. The lowest BCUT2D eigenvalue weighted by atomic mass is 10.3. The van der Waals surface area contributed by atoms with Crippen molar-refractivity contribution < 1.29 is 4.79 Å². The van der Waals surface area contributed by atoms with Gasteiger partial charge in [0.15, 0.2) is 0 Å². The monoisotopic (exact) mass is 226 g/mol. The summed E-state index contributed by atoms with van der Waals surface area (Å²) in [7, 11) is 0. The van der Waals surface area contributed by atoms with Gasteiger partial charge < -0.3 is 16.4 Å². The lowest BCUT2D eigenvalue weighted by Crippen LogP contribution is -2.49. The highest BCUT2D eigenvalue weighted by Crippen LogP contribution is 2.02. The largest absolute Gasteiger partial charge is 0.390 e. The van der Waals surface area contributed by atoms with E-state index in [-0.39, 0.29) is 6.03 Å². The van der Waals surface area contributed by atoms with Crippen molar-refractivity contribution in [1.29, 1.82) is 0 Å². The smallest absolute Gasteiger partial charge is 0.345 e. The lowest BCUT2D eigenvalue weighted by Gasteiger charge is -2.33. The number of urea groups is 1. The van der Waals surface area contributed by atoms with Gasteiger partial charge in [-0.15, -0.1) is 0 Å². The summed E-state index contributed by atoms with van der Waals surface area (Å²) in [6.45, 7) is 4.59. The molecule has 0 aromatic rings. The molecule has 1 aliphatic rings. The van der Waals surface area contributed by atoms with Crippen molar-refractivity contribution >= 4 is 18.7 Å². The number of nitrogens with two attached hydrogens (primary N) is 2.